The molecule has 3 rings (SSSR count). The highest BCUT2D eigenvalue weighted by Gasteiger charge is 2.39. The molecule has 0 radical (unpaired) electrons. The molecule has 0 spiro atoms. The molecule has 1 saturated carbocycles. The van der Waals surface area contributed by atoms with Gasteiger partial charge in [-0.1, -0.05) is 37.1 Å². The summed E-state index contributed by atoms with van der Waals surface area (Å²) in [5.74, 6) is -0.121. The summed E-state index contributed by atoms with van der Waals surface area (Å²) in [6, 6.07) is 5.53. The summed E-state index contributed by atoms with van der Waals surface area (Å²) in [7, 11) is 0. The third kappa shape index (κ3) is 2.42. The van der Waals surface area contributed by atoms with E-state index in [2.05, 4.69) is 4.98 Å². The maximum absolute atomic E-state index is 13.4. The first-order chi connectivity index (χ1) is 10.0. The molecular formula is C15H14ClFN2O2. The van der Waals surface area contributed by atoms with Gasteiger partial charge >= 0.3 is 5.69 Å². The molecule has 4 nitrogen and oxygen atoms in total. The Morgan fingerprint density at radius 1 is 1.43 bits per heavy atom. The SMILES string of the molecule is CCC1CC1n1c(=O)[nH]c(Cl)c(-c2cccc(F)c2)c1=O. The van der Waals surface area contributed by atoms with Crippen LogP contribution in [0, 0.1) is 11.7 Å². The van der Waals surface area contributed by atoms with E-state index < -0.39 is 17.1 Å². The van der Waals surface area contributed by atoms with E-state index in [4.69, 9.17) is 11.6 Å². The number of nitrogens with zero attached hydrogens (tertiary/aromatic N) is 1. The second kappa shape index (κ2) is 5.15. The number of rotatable bonds is 3. The van der Waals surface area contributed by atoms with Gasteiger partial charge in [0.25, 0.3) is 5.56 Å². The van der Waals surface area contributed by atoms with Crippen molar-refractivity contribution in [3.05, 3.63) is 56.1 Å². The second-order valence-electron chi connectivity index (χ2n) is 5.28. The molecule has 2 aromatic rings. The van der Waals surface area contributed by atoms with Crippen LogP contribution in [0.3, 0.4) is 0 Å². The number of aromatic amines is 1. The standard InChI is InChI=1S/C15H14ClFN2O2/c1-2-8-7-11(8)19-14(20)12(13(16)18-15(19)21)9-4-3-5-10(17)6-9/h3-6,8,11H,2,7H2,1H3,(H,18,21). The highest BCUT2D eigenvalue weighted by Crippen LogP contribution is 2.44. The normalized spacial score (nSPS) is 20.5. The van der Waals surface area contributed by atoms with Crippen LogP contribution >= 0.6 is 11.6 Å². The van der Waals surface area contributed by atoms with E-state index in [0.717, 1.165) is 12.8 Å². The largest absolute Gasteiger partial charge is 0.329 e. The van der Waals surface area contributed by atoms with Crippen LogP contribution in [0.2, 0.25) is 5.15 Å². The molecule has 1 N–H and O–H groups in total. The lowest BCUT2D eigenvalue weighted by Gasteiger charge is -2.09. The van der Waals surface area contributed by atoms with Gasteiger partial charge in [-0.2, -0.15) is 0 Å². The fourth-order valence-corrected chi connectivity index (χ4v) is 2.98. The first kappa shape index (κ1) is 14.1. The molecule has 2 atom stereocenters. The molecule has 0 saturated heterocycles. The monoisotopic (exact) mass is 308 g/mol. The molecule has 1 aliphatic carbocycles. The number of H-pyrrole nitrogens is 1. The predicted molar refractivity (Wildman–Crippen MR) is 79.2 cm³/mol. The van der Waals surface area contributed by atoms with Gasteiger partial charge in [-0.15, -0.1) is 0 Å². The van der Waals surface area contributed by atoms with Crippen LogP contribution < -0.4 is 11.2 Å². The lowest BCUT2D eigenvalue weighted by Crippen LogP contribution is -2.36. The summed E-state index contributed by atoms with van der Waals surface area (Å²) in [5.41, 5.74) is -0.470. The molecule has 2 unspecified atom stereocenters. The number of nitrogens with one attached hydrogen (secondary N) is 1. The topological polar surface area (TPSA) is 54.9 Å². The van der Waals surface area contributed by atoms with Gasteiger partial charge in [-0.05, 0) is 30.0 Å². The van der Waals surface area contributed by atoms with Crippen molar-refractivity contribution in [2.45, 2.75) is 25.8 Å². The molecule has 0 bridgehead atoms. The zero-order valence-corrected chi connectivity index (χ0v) is 12.2. The molecule has 1 aromatic heterocycles. The van der Waals surface area contributed by atoms with Crippen molar-refractivity contribution < 1.29 is 4.39 Å². The van der Waals surface area contributed by atoms with Gasteiger partial charge in [0.05, 0.1) is 5.56 Å². The maximum Gasteiger partial charge on any atom is 0.329 e. The summed E-state index contributed by atoms with van der Waals surface area (Å²) < 4.78 is 14.6. The van der Waals surface area contributed by atoms with E-state index in [1.54, 1.807) is 6.07 Å². The average Bonchev–Trinajstić information content (AvgIpc) is 3.17. The van der Waals surface area contributed by atoms with Crippen molar-refractivity contribution in [1.29, 1.82) is 0 Å². The minimum atomic E-state index is -0.508. The third-order valence-corrected chi connectivity index (χ3v) is 4.23. The van der Waals surface area contributed by atoms with Crippen LogP contribution in [0.25, 0.3) is 11.1 Å². The van der Waals surface area contributed by atoms with Crippen molar-refractivity contribution in [3.8, 4) is 11.1 Å². The Hall–Kier alpha value is -1.88. The molecular weight excluding hydrogens is 295 g/mol. The van der Waals surface area contributed by atoms with Crippen LogP contribution in [0.4, 0.5) is 4.39 Å². The molecule has 0 aliphatic heterocycles. The van der Waals surface area contributed by atoms with Crippen LogP contribution in [0.5, 0.6) is 0 Å². The lowest BCUT2D eigenvalue weighted by atomic mass is 10.1. The molecule has 1 heterocycles. The zero-order valence-electron chi connectivity index (χ0n) is 11.4. The number of halogens is 2. The van der Waals surface area contributed by atoms with Gasteiger partial charge in [0, 0.05) is 6.04 Å². The van der Waals surface area contributed by atoms with Crippen LogP contribution in [0.15, 0.2) is 33.9 Å². The molecule has 110 valence electrons. The first-order valence-corrected chi connectivity index (χ1v) is 7.21. The fourth-order valence-electron chi connectivity index (χ4n) is 2.71. The smallest absolute Gasteiger partial charge is 0.297 e. The second-order valence-corrected chi connectivity index (χ2v) is 5.65. The molecule has 0 amide bonds. The molecule has 1 fully saturated rings. The van der Waals surface area contributed by atoms with Crippen molar-refractivity contribution >= 4 is 11.6 Å². The van der Waals surface area contributed by atoms with E-state index in [0.29, 0.717) is 11.5 Å². The number of benzene rings is 1. The Labute approximate surface area is 125 Å². The van der Waals surface area contributed by atoms with E-state index in [1.165, 1.54) is 22.8 Å². The van der Waals surface area contributed by atoms with Crippen molar-refractivity contribution in [2.24, 2.45) is 5.92 Å². The highest BCUT2D eigenvalue weighted by molar-refractivity contribution is 6.32. The van der Waals surface area contributed by atoms with Gasteiger partial charge < -0.3 is 0 Å². The van der Waals surface area contributed by atoms with Gasteiger partial charge in [0.2, 0.25) is 0 Å². The van der Waals surface area contributed by atoms with E-state index in [9.17, 15) is 14.0 Å². The molecule has 21 heavy (non-hydrogen) atoms. The van der Waals surface area contributed by atoms with Crippen molar-refractivity contribution in [3.63, 3.8) is 0 Å². The Morgan fingerprint density at radius 2 is 2.19 bits per heavy atom. The van der Waals surface area contributed by atoms with Crippen LogP contribution in [-0.4, -0.2) is 9.55 Å². The lowest BCUT2D eigenvalue weighted by molar-refractivity contribution is 0.592. The summed E-state index contributed by atoms with van der Waals surface area (Å²) in [6.45, 7) is 2.02. The summed E-state index contributed by atoms with van der Waals surface area (Å²) in [5, 5.41) is -0.0550. The summed E-state index contributed by atoms with van der Waals surface area (Å²) >= 11 is 6.00. The number of aromatic nitrogens is 2. The first-order valence-electron chi connectivity index (χ1n) is 6.83. The van der Waals surface area contributed by atoms with Crippen molar-refractivity contribution in [1.82, 2.24) is 9.55 Å². The van der Waals surface area contributed by atoms with E-state index in [1.807, 2.05) is 6.92 Å². The Morgan fingerprint density at radius 3 is 2.81 bits per heavy atom. The van der Waals surface area contributed by atoms with Crippen LogP contribution in [-0.2, 0) is 0 Å². The Balaban J connectivity index is 2.20. The van der Waals surface area contributed by atoms with E-state index in [-0.39, 0.29) is 16.8 Å². The minimum absolute atomic E-state index is 0.0550. The van der Waals surface area contributed by atoms with Gasteiger partial charge in [0.15, 0.2) is 0 Å². The molecule has 6 heteroatoms. The number of hydrogen-bond donors (Lipinski definition) is 1. The van der Waals surface area contributed by atoms with Crippen LogP contribution in [0.1, 0.15) is 25.8 Å². The summed E-state index contributed by atoms with van der Waals surface area (Å²) in [4.78, 5) is 27.1. The molecule has 1 aromatic carbocycles. The van der Waals surface area contributed by atoms with Gasteiger partial charge in [-0.25, -0.2) is 9.18 Å². The van der Waals surface area contributed by atoms with E-state index >= 15 is 0 Å². The molecule has 1 aliphatic rings. The quantitative estimate of drug-likeness (QED) is 0.886. The third-order valence-electron chi connectivity index (χ3n) is 3.94. The maximum atomic E-state index is 13.4. The fraction of sp³-hybridized carbons (Fsp3) is 0.333. The average molecular weight is 309 g/mol. The highest BCUT2D eigenvalue weighted by atomic mass is 35.5. The Kier molecular flexibility index (Phi) is 3.45. The van der Waals surface area contributed by atoms with Crippen molar-refractivity contribution in [2.75, 3.05) is 0 Å². The minimum Gasteiger partial charge on any atom is -0.297 e. The summed E-state index contributed by atoms with van der Waals surface area (Å²) in [6.07, 6.45) is 1.72. The Bertz CT molecular complexity index is 812. The predicted octanol–water partition coefficient (Wildman–Crippen LogP) is 2.97. The van der Waals surface area contributed by atoms with Gasteiger partial charge in [-0.3, -0.25) is 14.3 Å². The van der Waals surface area contributed by atoms with Gasteiger partial charge in [0.1, 0.15) is 11.0 Å². The number of hydrogen-bond acceptors (Lipinski definition) is 2. The zero-order chi connectivity index (χ0) is 15.1.